The molecule has 8 heteroatoms. The molecule has 20 heavy (non-hydrogen) atoms. The van der Waals surface area contributed by atoms with Crippen LogP contribution in [0, 0.1) is 5.41 Å². The van der Waals surface area contributed by atoms with Gasteiger partial charge >= 0.3 is 5.97 Å². The predicted molar refractivity (Wildman–Crippen MR) is 75.4 cm³/mol. The van der Waals surface area contributed by atoms with Gasteiger partial charge in [-0.1, -0.05) is 11.3 Å². The molecule has 0 bridgehead atoms. The van der Waals surface area contributed by atoms with E-state index < -0.39 is 15.8 Å². The minimum atomic E-state index is -3.28. The topological polar surface area (TPSA) is 89.2 Å². The molecule has 1 N–H and O–H groups in total. The first-order chi connectivity index (χ1) is 9.32. The van der Waals surface area contributed by atoms with Crippen molar-refractivity contribution in [3.05, 3.63) is 23.0 Å². The van der Waals surface area contributed by atoms with E-state index in [1.54, 1.807) is 13.0 Å². The Morgan fingerprint density at radius 3 is 2.75 bits per heavy atom. The van der Waals surface area contributed by atoms with Gasteiger partial charge in [0, 0.05) is 6.26 Å². The number of sulfone groups is 1. The molecule has 0 unspecified atom stereocenters. The Morgan fingerprint density at radius 2 is 2.15 bits per heavy atom. The number of nitrogens with zero attached hydrogens (tertiary/aromatic N) is 1. The van der Waals surface area contributed by atoms with E-state index in [1.807, 2.05) is 0 Å². The van der Waals surface area contributed by atoms with Gasteiger partial charge in [0.15, 0.2) is 14.6 Å². The lowest BCUT2D eigenvalue weighted by atomic mass is 10.3. The summed E-state index contributed by atoms with van der Waals surface area (Å²) in [7, 11) is -3.28. The summed E-state index contributed by atoms with van der Waals surface area (Å²) in [5.74, 6) is -0.419. The highest BCUT2D eigenvalue weighted by molar-refractivity contribution is 7.90. The summed E-state index contributed by atoms with van der Waals surface area (Å²) in [4.78, 5) is 11.9. The Hall–Kier alpha value is -1.67. The number of hydrogen-bond acceptors (Lipinski definition) is 6. The van der Waals surface area contributed by atoms with Crippen LogP contribution in [0.25, 0.3) is 10.2 Å². The summed E-state index contributed by atoms with van der Waals surface area (Å²) in [5.41, 5.74) is 0.653. The quantitative estimate of drug-likeness (QED) is 0.857. The SMILES string of the molecule is CCOC(=O)Cn1c(=N)sc2cc(S(C)(=O)=O)ccc21. The molecule has 0 fully saturated rings. The van der Waals surface area contributed by atoms with Gasteiger partial charge in [0.2, 0.25) is 0 Å². The van der Waals surface area contributed by atoms with E-state index in [4.69, 9.17) is 10.1 Å². The van der Waals surface area contributed by atoms with Crippen molar-refractivity contribution in [3.63, 3.8) is 0 Å². The van der Waals surface area contributed by atoms with Crippen molar-refractivity contribution in [2.24, 2.45) is 0 Å². The van der Waals surface area contributed by atoms with Gasteiger partial charge < -0.3 is 9.30 Å². The first kappa shape index (κ1) is 14.7. The summed E-state index contributed by atoms with van der Waals surface area (Å²) in [6.07, 6.45) is 1.13. The van der Waals surface area contributed by atoms with Crippen LogP contribution < -0.4 is 4.80 Å². The van der Waals surface area contributed by atoms with E-state index in [1.165, 1.54) is 16.7 Å². The van der Waals surface area contributed by atoms with Crippen LogP contribution in [0.15, 0.2) is 23.1 Å². The number of fused-ring (bicyclic) bond motifs is 1. The van der Waals surface area contributed by atoms with Gasteiger partial charge in [0.25, 0.3) is 0 Å². The molecule has 108 valence electrons. The van der Waals surface area contributed by atoms with Gasteiger partial charge in [0.05, 0.1) is 21.7 Å². The molecular formula is C12H14N2O4S2. The predicted octanol–water partition coefficient (Wildman–Crippen LogP) is 1.15. The number of ether oxygens (including phenoxy) is 1. The second-order valence-electron chi connectivity index (χ2n) is 4.20. The molecule has 0 saturated heterocycles. The van der Waals surface area contributed by atoms with E-state index >= 15 is 0 Å². The number of esters is 1. The Bertz CT molecular complexity index is 818. The largest absolute Gasteiger partial charge is 0.465 e. The summed E-state index contributed by atoms with van der Waals surface area (Å²) < 4.78 is 30.0. The minimum absolute atomic E-state index is 0.0507. The molecule has 0 saturated carbocycles. The van der Waals surface area contributed by atoms with Crippen LogP contribution in [0.3, 0.4) is 0 Å². The molecule has 0 radical (unpaired) electrons. The third-order valence-electron chi connectivity index (χ3n) is 2.69. The van der Waals surface area contributed by atoms with Crippen LogP contribution in [0.2, 0.25) is 0 Å². The van der Waals surface area contributed by atoms with Gasteiger partial charge in [-0.25, -0.2) is 8.42 Å². The van der Waals surface area contributed by atoms with Crippen LogP contribution in [-0.4, -0.2) is 31.8 Å². The number of carbonyl (C=O) groups excluding carboxylic acids is 1. The van der Waals surface area contributed by atoms with Gasteiger partial charge in [-0.05, 0) is 25.1 Å². The first-order valence-electron chi connectivity index (χ1n) is 5.86. The third kappa shape index (κ3) is 2.91. The molecule has 1 aromatic heterocycles. The second kappa shape index (κ2) is 5.37. The van der Waals surface area contributed by atoms with Gasteiger partial charge in [-0.3, -0.25) is 10.2 Å². The smallest absolute Gasteiger partial charge is 0.326 e. The molecule has 0 atom stereocenters. The zero-order chi connectivity index (χ0) is 14.9. The fourth-order valence-corrected chi connectivity index (χ4v) is 3.46. The standard InChI is InChI=1S/C12H14N2O4S2/c1-3-18-11(15)7-14-9-5-4-8(20(2,16)17)6-10(9)19-12(14)13/h4-6,13H,3,7H2,1-2H3. The Kier molecular flexibility index (Phi) is 3.96. The molecule has 0 aliphatic rings. The monoisotopic (exact) mass is 314 g/mol. The lowest BCUT2D eigenvalue weighted by molar-refractivity contribution is -0.143. The van der Waals surface area contributed by atoms with Crippen LogP contribution in [0.5, 0.6) is 0 Å². The van der Waals surface area contributed by atoms with Crippen molar-refractivity contribution in [1.82, 2.24) is 4.57 Å². The number of hydrogen-bond donors (Lipinski definition) is 1. The zero-order valence-electron chi connectivity index (χ0n) is 11.0. The zero-order valence-corrected chi connectivity index (χ0v) is 12.7. The number of thiazole rings is 1. The van der Waals surface area contributed by atoms with Crippen molar-refractivity contribution in [1.29, 1.82) is 5.41 Å². The lowest BCUT2D eigenvalue weighted by Gasteiger charge is -2.05. The Morgan fingerprint density at radius 1 is 1.45 bits per heavy atom. The highest BCUT2D eigenvalue weighted by Crippen LogP contribution is 2.21. The summed E-state index contributed by atoms with van der Waals surface area (Å²) in [6.45, 7) is 1.95. The number of nitrogens with one attached hydrogen (secondary N) is 1. The summed E-state index contributed by atoms with van der Waals surface area (Å²) in [5, 5.41) is 7.88. The van der Waals surface area contributed by atoms with Crippen LogP contribution in [0.4, 0.5) is 0 Å². The van der Waals surface area contributed by atoms with Crippen molar-refractivity contribution < 1.29 is 17.9 Å². The van der Waals surface area contributed by atoms with E-state index in [9.17, 15) is 13.2 Å². The minimum Gasteiger partial charge on any atom is -0.465 e. The Labute approximate surface area is 120 Å². The Balaban J connectivity index is 2.51. The fraction of sp³-hybridized carbons (Fsp3) is 0.333. The van der Waals surface area contributed by atoms with Crippen molar-refractivity contribution in [2.75, 3.05) is 12.9 Å². The van der Waals surface area contributed by atoms with Crippen LogP contribution in [0.1, 0.15) is 6.92 Å². The highest BCUT2D eigenvalue weighted by Gasteiger charge is 2.13. The van der Waals surface area contributed by atoms with Gasteiger partial charge in [0.1, 0.15) is 6.54 Å². The highest BCUT2D eigenvalue weighted by atomic mass is 32.2. The van der Waals surface area contributed by atoms with Gasteiger partial charge in [-0.15, -0.1) is 0 Å². The van der Waals surface area contributed by atoms with E-state index in [0.717, 1.165) is 17.6 Å². The normalized spacial score (nSPS) is 11.7. The van der Waals surface area contributed by atoms with E-state index in [2.05, 4.69) is 0 Å². The molecule has 0 amide bonds. The second-order valence-corrected chi connectivity index (χ2v) is 7.25. The average molecular weight is 314 g/mol. The fourth-order valence-electron chi connectivity index (χ4n) is 1.79. The maximum Gasteiger partial charge on any atom is 0.326 e. The number of rotatable bonds is 4. The lowest BCUT2D eigenvalue weighted by Crippen LogP contribution is -2.20. The van der Waals surface area contributed by atoms with Crippen molar-refractivity contribution >= 4 is 37.4 Å². The maximum atomic E-state index is 11.5. The van der Waals surface area contributed by atoms with Crippen LogP contribution >= 0.6 is 11.3 Å². The molecular weight excluding hydrogens is 300 g/mol. The molecule has 6 nitrogen and oxygen atoms in total. The number of aromatic nitrogens is 1. The van der Waals surface area contributed by atoms with Crippen LogP contribution in [-0.2, 0) is 25.9 Å². The summed E-state index contributed by atoms with van der Waals surface area (Å²) in [6, 6.07) is 4.61. The number of benzene rings is 1. The van der Waals surface area contributed by atoms with E-state index in [-0.39, 0.29) is 22.8 Å². The van der Waals surface area contributed by atoms with Crippen molar-refractivity contribution in [2.45, 2.75) is 18.4 Å². The number of carbonyl (C=O) groups is 1. The molecule has 1 heterocycles. The summed E-state index contributed by atoms with van der Waals surface area (Å²) >= 11 is 1.13. The average Bonchev–Trinajstić information content (AvgIpc) is 2.64. The molecule has 0 aliphatic carbocycles. The first-order valence-corrected chi connectivity index (χ1v) is 8.57. The molecule has 2 rings (SSSR count). The third-order valence-corrected chi connectivity index (χ3v) is 4.77. The van der Waals surface area contributed by atoms with Crippen molar-refractivity contribution in [3.8, 4) is 0 Å². The molecule has 0 aliphatic heterocycles. The molecule has 1 aromatic carbocycles. The maximum absolute atomic E-state index is 11.5. The van der Waals surface area contributed by atoms with Gasteiger partial charge in [-0.2, -0.15) is 0 Å². The molecule has 0 spiro atoms. The van der Waals surface area contributed by atoms with E-state index in [0.29, 0.717) is 10.2 Å². The molecule has 2 aromatic rings.